The zero-order valence-electron chi connectivity index (χ0n) is 10.3. The number of hydrogen-bond acceptors (Lipinski definition) is 6. The highest BCUT2D eigenvalue weighted by atomic mass is 79.9. The van der Waals surface area contributed by atoms with E-state index < -0.39 is 0 Å². The molecule has 0 amide bonds. The molecule has 0 radical (unpaired) electrons. The molecule has 0 saturated heterocycles. The first-order valence-electron chi connectivity index (χ1n) is 5.40. The molecule has 100 valence electrons. The van der Waals surface area contributed by atoms with Gasteiger partial charge in [-0.1, -0.05) is 33.8 Å². The quantitative estimate of drug-likeness (QED) is 0.616. The van der Waals surface area contributed by atoms with Crippen LogP contribution in [0.5, 0.6) is 0 Å². The van der Waals surface area contributed by atoms with Gasteiger partial charge in [-0.15, -0.1) is 0 Å². The summed E-state index contributed by atoms with van der Waals surface area (Å²) in [5.74, 6) is 1.24. The maximum Gasteiger partial charge on any atom is 0.337 e. The first-order valence-corrected chi connectivity index (χ1v) is 7.95. The Balaban J connectivity index is 2.07. The van der Waals surface area contributed by atoms with Crippen LogP contribution in [0.15, 0.2) is 27.0 Å². The summed E-state index contributed by atoms with van der Waals surface area (Å²) in [6, 6.07) is 5.45. The van der Waals surface area contributed by atoms with Crippen LogP contribution in [0, 0.1) is 6.92 Å². The molecule has 4 nitrogen and oxygen atoms in total. The van der Waals surface area contributed by atoms with Crippen LogP contribution in [-0.4, -0.2) is 22.4 Å². The number of esters is 1. The van der Waals surface area contributed by atoms with Crippen molar-refractivity contribution >= 4 is 45.2 Å². The number of aromatic nitrogens is 2. The minimum absolute atomic E-state index is 0.334. The smallest absolute Gasteiger partial charge is 0.337 e. The van der Waals surface area contributed by atoms with Crippen molar-refractivity contribution in [2.45, 2.75) is 17.0 Å². The monoisotopic (exact) mass is 358 g/mol. The number of carbonyl (C=O) groups is 1. The highest BCUT2D eigenvalue weighted by Crippen LogP contribution is 2.28. The fourth-order valence-corrected chi connectivity index (χ4v) is 3.74. The van der Waals surface area contributed by atoms with E-state index in [1.165, 1.54) is 18.6 Å². The minimum Gasteiger partial charge on any atom is -0.465 e. The van der Waals surface area contributed by atoms with Crippen LogP contribution >= 0.6 is 39.2 Å². The lowest BCUT2D eigenvalue weighted by atomic mass is 10.1. The van der Waals surface area contributed by atoms with E-state index in [0.29, 0.717) is 5.56 Å². The molecule has 1 heterocycles. The van der Waals surface area contributed by atoms with E-state index in [1.54, 1.807) is 23.9 Å². The van der Waals surface area contributed by atoms with Gasteiger partial charge in [0.2, 0.25) is 0 Å². The Morgan fingerprint density at radius 1 is 1.53 bits per heavy atom. The molecular formula is C12H11BrN2O2S2. The van der Waals surface area contributed by atoms with Crippen LogP contribution in [-0.2, 0) is 10.5 Å². The summed E-state index contributed by atoms with van der Waals surface area (Å²) in [5.41, 5.74) is 1.64. The van der Waals surface area contributed by atoms with Crippen molar-refractivity contribution in [3.63, 3.8) is 0 Å². The minimum atomic E-state index is -0.334. The molecule has 0 bridgehead atoms. The fourth-order valence-electron chi connectivity index (χ4n) is 1.39. The molecule has 0 aliphatic heterocycles. The normalized spacial score (nSPS) is 10.5. The number of aryl methyl sites for hydroxylation is 1. The van der Waals surface area contributed by atoms with Crippen molar-refractivity contribution in [3.8, 4) is 0 Å². The first-order chi connectivity index (χ1) is 9.10. The molecule has 0 spiro atoms. The van der Waals surface area contributed by atoms with Crippen molar-refractivity contribution < 1.29 is 9.53 Å². The molecule has 0 atom stereocenters. The zero-order chi connectivity index (χ0) is 13.8. The molecule has 2 aromatic rings. The van der Waals surface area contributed by atoms with Gasteiger partial charge in [-0.25, -0.2) is 9.78 Å². The van der Waals surface area contributed by atoms with Crippen LogP contribution < -0.4 is 0 Å². The summed E-state index contributed by atoms with van der Waals surface area (Å²) in [6.45, 7) is 1.88. The van der Waals surface area contributed by atoms with Gasteiger partial charge in [-0.05, 0) is 36.2 Å². The third-order valence-corrected chi connectivity index (χ3v) is 5.05. The summed E-state index contributed by atoms with van der Waals surface area (Å²) < 4.78 is 10.7. The molecule has 0 aliphatic rings. The van der Waals surface area contributed by atoms with Gasteiger partial charge in [0.25, 0.3) is 0 Å². The van der Waals surface area contributed by atoms with E-state index in [-0.39, 0.29) is 5.97 Å². The maximum absolute atomic E-state index is 11.4. The molecule has 1 aromatic carbocycles. The van der Waals surface area contributed by atoms with E-state index in [1.807, 2.05) is 13.0 Å². The molecule has 0 unspecified atom stereocenters. The molecule has 0 N–H and O–H groups in total. The molecule has 1 aromatic heterocycles. The Kier molecular flexibility index (Phi) is 4.95. The number of benzene rings is 1. The van der Waals surface area contributed by atoms with E-state index in [4.69, 9.17) is 0 Å². The number of ether oxygens (including phenoxy) is 1. The van der Waals surface area contributed by atoms with Crippen molar-refractivity contribution in [3.05, 3.63) is 39.6 Å². The molecule has 0 aliphatic carbocycles. The maximum atomic E-state index is 11.4. The van der Waals surface area contributed by atoms with Gasteiger partial charge in [0.1, 0.15) is 5.82 Å². The van der Waals surface area contributed by atoms with Gasteiger partial charge < -0.3 is 4.74 Å². The highest BCUT2D eigenvalue weighted by Gasteiger charge is 2.09. The largest absolute Gasteiger partial charge is 0.465 e. The van der Waals surface area contributed by atoms with Crippen LogP contribution in [0.4, 0.5) is 0 Å². The molecule has 19 heavy (non-hydrogen) atoms. The Hall–Kier alpha value is -0.920. The summed E-state index contributed by atoms with van der Waals surface area (Å²) in [4.78, 5) is 15.7. The summed E-state index contributed by atoms with van der Waals surface area (Å²) in [6.07, 6.45) is 0. The molecule has 0 fully saturated rings. The molecular weight excluding hydrogens is 348 g/mol. The predicted octanol–water partition coefficient (Wildman–Crippen LogP) is 3.69. The Labute approximate surface area is 127 Å². The van der Waals surface area contributed by atoms with E-state index >= 15 is 0 Å². The zero-order valence-corrected chi connectivity index (χ0v) is 13.6. The third kappa shape index (κ3) is 3.77. The van der Waals surface area contributed by atoms with Crippen LogP contribution in [0.1, 0.15) is 21.7 Å². The Morgan fingerprint density at radius 2 is 2.32 bits per heavy atom. The lowest BCUT2D eigenvalue weighted by Gasteiger charge is -2.05. The standard InChI is InChI=1S/C12H11BrN2O2S2/c1-7-14-12(19-15-7)18-6-9-4-3-8(5-10(9)13)11(16)17-2/h3-5H,6H2,1-2H3. The van der Waals surface area contributed by atoms with Crippen LogP contribution in [0.25, 0.3) is 0 Å². The highest BCUT2D eigenvalue weighted by molar-refractivity contribution is 9.10. The van der Waals surface area contributed by atoms with E-state index in [2.05, 4.69) is 30.0 Å². The Morgan fingerprint density at radius 3 is 2.89 bits per heavy atom. The van der Waals surface area contributed by atoms with Crippen LogP contribution in [0.3, 0.4) is 0 Å². The van der Waals surface area contributed by atoms with Gasteiger partial charge in [0.15, 0.2) is 4.34 Å². The number of hydrogen-bond donors (Lipinski definition) is 0. The third-order valence-electron chi connectivity index (χ3n) is 2.33. The summed E-state index contributed by atoms with van der Waals surface area (Å²) >= 11 is 6.50. The van der Waals surface area contributed by atoms with Crippen molar-refractivity contribution in [2.75, 3.05) is 7.11 Å². The van der Waals surface area contributed by atoms with Crippen LogP contribution in [0.2, 0.25) is 0 Å². The van der Waals surface area contributed by atoms with Crippen molar-refractivity contribution in [1.29, 1.82) is 0 Å². The molecule has 0 saturated carbocycles. The number of methoxy groups -OCH3 is 1. The number of nitrogens with zero attached hydrogens (tertiary/aromatic N) is 2. The second-order valence-electron chi connectivity index (χ2n) is 3.69. The topological polar surface area (TPSA) is 52.1 Å². The number of rotatable bonds is 4. The summed E-state index contributed by atoms with van der Waals surface area (Å²) in [7, 11) is 1.37. The summed E-state index contributed by atoms with van der Waals surface area (Å²) in [5, 5.41) is 0. The second-order valence-corrected chi connectivity index (χ2v) is 6.52. The van der Waals surface area contributed by atoms with Gasteiger partial charge >= 0.3 is 5.97 Å². The number of carbonyl (C=O) groups excluding carboxylic acids is 1. The molecule has 7 heteroatoms. The van der Waals surface area contributed by atoms with E-state index in [0.717, 1.165) is 26.0 Å². The van der Waals surface area contributed by atoms with E-state index in [9.17, 15) is 4.79 Å². The average molecular weight is 359 g/mol. The Bertz CT molecular complexity index is 601. The fraction of sp³-hybridized carbons (Fsp3) is 0.250. The van der Waals surface area contributed by atoms with Gasteiger partial charge in [-0.2, -0.15) is 4.37 Å². The lowest BCUT2D eigenvalue weighted by molar-refractivity contribution is 0.0600. The first kappa shape index (κ1) is 14.5. The molecule has 2 rings (SSSR count). The van der Waals surface area contributed by atoms with Gasteiger partial charge in [0, 0.05) is 10.2 Å². The average Bonchev–Trinajstić information content (AvgIpc) is 2.82. The second kappa shape index (κ2) is 6.49. The number of halogens is 1. The number of thioether (sulfide) groups is 1. The SMILES string of the molecule is COC(=O)c1ccc(CSc2nc(C)ns2)c(Br)c1. The lowest BCUT2D eigenvalue weighted by Crippen LogP contribution is -2.01. The van der Waals surface area contributed by atoms with Gasteiger partial charge in [0.05, 0.1) is 12.7 Å². The van der Waals surface area contributed by atoms with Gasteiger partial charge in [-0.3, -0.25) is 0 Å². The van der Waals surface area contributed by atoms with Crippen molar-refractivity contribution in [2.24, 2.45) is 0 Å². The van der Waals surface area contributed by atoms with Crippen molar-refractivity contribution in [1.82, 2.24) is 9.36 Å². The predicted molar refractivity (Wildman–Crippen MR) is 79.7 cm³/mol.